The minimum Gasteiger partial charge on any atom is -0.392 e. The average Bonchev–Trinajstić information content (AvgIpc) is 2.54. The molecule has 112 valence electrons. The molecule has 1 fully saturated rings. The quantitative estimate of drug-likeness (QED) is 0.772. The molecular formula is C16H21N3O2. The maximum absolute atomic E-state index is 12.0. The number of aliphatic hydroxyl groups excluding tert-OH is 1. The van der Waals surface area contributed by atoms with Crippen molar-refractivity contribution >= 4 is 11.6 Å². The summed E-state index contributed by atoms with van der Waals surface area (Å²) in [5.74, 6) is -0.173. The van der Waals surface area contributed by atoms with Crippen molar-refractivity contribution < 1.29 is 9.90 Å². The first-order valence-corrected chi connectivity index (χ1v) is 7.33. The Labute approximate surface area is 125 Å². The first-order valence-electron chi connectivity index (χ1n) is 7.33. The molecule has 1 aromatic rings. The maximum Gasteiger partial charge on any atom is 0.240 e. The fourth-order valence-electron chi connectivity index (χ4n) is 2.69. The highest BCUT2D eigenvalue weighted by molar-refractivity contribution is 5.81. The number of anilines is 1. The van der Waals surface area contributed by atoms with E-state index in [4.69, 9.17) is 5.11 Å². The Hall–Kier alpha value is -2.06. The second-order valence-electron chi connectivity index (χ2n) is 5.51. The predicted molar refractivity (Wildman–Crippen MR) is 80.4 cm³/mol. The summed E-state index contributed by atoms with van der Waals surface area (Å²) in [6, 6.07) is 9.55. The van der Waals surface area contributed by atoms with Crippen molar-refractivity contribution in [2.24, 2.45) is 0 Å². The van der Waals surface area contributed by atoms with E-state index in [0.29, 0.717) is 0 Å². The minimum atomic E-state index is -0.691. The van der Waals surface area contributed by atoms with Crippen LogP contribution in [0.2, 0.25) is 0 Å². The lowest BCUT2D eigenvalue weighted by Gasteiger charge is -2.31. The number of nitrogens with one attached hydrogen (secondary N) is 2. The van der Waals surface area contributed by atoms with Gasteiger partial charge < -0.3 is 15.7 Å². The van der Waals surface area contributed by atoms with Crippen molar-refractivity contribution in [1.29, 1.82) is 5.26 Å². The van der Waals surface area contributed by atoms with Crippen molar-refractivity contribution in [1.82, 2.24) is 5.32 Å². The van der Waals surface area contributed by atoms with Gasteiger partial charge in [0.15, 0.2) is 0 Å². The molecule has 5 nitrogen and oxygen atoms in total. The van der Waals surface area contributed by atoms with Crippen molar-refractivity contribution in [3.05, 3.63) is 29.8 Å². The van der Waals surface area contributed by atoms with Gasteiger partial charge in [0.2, 0.25) is 5.91 Å². The summed E-state index contributed by atoms with van der Waals surface area (Å²) in [4.78, 5) is 12.0. The second-order valence-corrected chi connectivity index (χ2v) is 5.51. The summed E-state index contributed by atoms with van der Waals surface area (Å²) < 4.78 is 0. The lowest BCUT2D eigenvalue weighted by atomic mass is 9.83. The SMILES string of the molecule is N#CC1(NC(=O)CNc2cccc(CO)c2)CCCCC1. The molecule has 0 heterocycles. The van der Waals surface area contributed by atoms with Crippen molar-refractivity contribution in [2.75, 3.05) is 11.9 Å². The van der Waals surface area contributed by atoms with Gasteiger partial charge in [-0.05, 0) is 30.5 Å². The molecular weight excluding hydrogens is 266 g/mol. The normalized spacial score (nSPS) is 16.8. The summed E-state index contributed by atoms with van der Waals surface area (Å²) in [7, 11) is 0. The molecule has 1 aromatic carbocycles. The molecule has 0 unspecified atom stereocenters. The first kappa shape index (κ1) is 15.3. The van der Waals surface area contributed by atoms with Crippen molar-refractivity contribution in [3.8, 4) is 6.07 Å². The van der Waals surface area contributed by atoms with E-state index in [2.05, 4.69) is 16.7 Å². The Balaban J connectivity index is 1.88. The predicted octanol–water partition coefficient (Wildman–Crippen LogP) is 1.93. The highest BCUT2D eigenvalue weighted by atomic mass is 16.3. The summed E-state index contributed by atoms with van der Waals surface area (Å²) in [6.07, 6.45) is 4.57. The van der Waals surface area contributed by atoms with E-state index >= 15 is 0 Å². The van der Waals surface area contributed by atoms with Gasteiger partial charge in [-0.3, -0.25) is 4.79 Å². The lowest BCUT2D eigenvalue weighted by Crippen LogP contribution is -2.50. The second kappa shape index (κ2) is 7.09. The number of benzene rings is 1. The Bertz CT molecular complexity index is 531. The summed E-state index contributed by atoms with van der Waals surface area (Å²) in [5, 5.41) is 24.3. The summed E-state index contributed by atoms with van der Waals surface area (Å²) >= 11 is 0. The first-order chi connectivity index (χ1) is 10.2. The highest BCUT2D eigenvalue weighted by Crippen LogP contribution is 2.27. The van der Waals surface area contributed by atoms with E-state index in [9.17, 15) is 10.1 Å². The van der Waals surface area contributed by atoms with Gasteiger partial charge in [0.05, 0.1) is 19.2 Å². The van der Waals surface area contributed by atoms with Crippen LogP contribution >= 0.6 is 0 Å². The van der Waals surface area contributed by atoms with Gasteiger partial charge in [-0.15, -0.1) is 0 Å². The number of aliphatic hydroxyl groups is 1. The van der Waals surface area contributed by atoms with Gasteiger partial charge in [0.1, 0.15) is 5.54 Å². The van der Waals surface area contributed by atoms with E-state index in [-0.39, 0.29) is 19.1 Å². The lowest BCUT2D eigenvalue weighted by molar-refractivity contribution is -0.121. The molecule has 0 aliphatic heterocycles. The molecule has 1 aliphatic rings. The number of rotatable bonds is 5. The highest BCUT2D eigenvalue weighted by Gasteiger charge is 2.33. The monoisotopic (exact) mass is 287 g/mol. The number of carbonyl (C=O) groups is 1. The van der Waals surface area contributed by atoms with Crippen LogP contribution < -0.4 is 10.6 Å². The Morgan fingerprint density at radius 1 is 1.33 bits per heavy atom. The maximum atomic E-state index is 12.0. The molecule has 3 N–H and O–H groups in total. The Morgan fingerprint density at radius 2 is 2.10 bits per heavy atom. The zero-order valence-corrected chi connectivity index (χ0v) is 12.1. The number of amides is 1. The summed E-state index contributed by atoms with van der Waals surface area (Å²) in [6.45, 7) is 0.0948. The number of hydrogen-bond donors (Lipinski definition) is 3. The minimum absolute atomic E-state index is 0.0285. The third-order valence-corrected chi connectivity index (χ3v) is 3.86. The number of carbonyl (C=O) groups excluding carboxylic acids is 1. The van der Waals surface area contributed by atoms with E-state index in [0.717, 1.165) is 43.4 Å². The molecule has 0 spiro atoms. The fraction of sp³-hybridized carbons (Fsp3) is 0.500. The molecule has 5 heteroatoms. The Kier molecular flexibility index (Phi) is 5.18. The third-order valence-electron chi connectivity index (χ3n) is 3.86. The van der Waals surface area contributed by atoms with Crippen LogP contribution in [0.25, 0.3) is 0 Å². The molecule has 0 aromatic heterocycles. The fourth-order valence-corrected chi connectivity index (χ4v) is 2.69. The van der Waals surface area contributed by atoms with E-state index in [1.807, 2.05) is 18.2 Å². The molecule has 21 heavy (non-hydrogen) atoms. The zero-order valence-electron chi connectivity index (χ0n) is 12.1. The molecule has 0 radical (unpaired) electrons. The van der Waals surface area contributed by atoms with E-state index in [1.165, 1.54) is 0 Å². The van der Waals surface area contributed by atoms with E-state index < -0.39 is 5.54 Å². The molecule has 1 amide bonds. The van der Waals surface area contributed by atoms with Gasteiger partial charge in [0, 0.05) is 5.69 Å². The van der Waals surface area contributed by atoms with Crippen molar-refractivity contribution in [2.45, 2.75) is 44.2 Å². The van der Waals surface area contributed by atoms with Crippen LogP contribution in [0.4, 0.5) is 5.69 Å². The number of nitriles is 1. The smallest absolute Gasteiger partial charge is 0.240 e. The molecule has 0 saturated heterocycles. The molecule has 1 aliphatic carbocycles. The standard InChI is InChI=1S/C16H21N3O2/c17-12-16(7-2-1-3-8-16)19-15(21)10-18-14-6-4-5-13(9-14)11-20/h4-6,9,18,20H,1-3,7-8,10-11H2,(H,19,21). The van der Waals surface area contributed by atoms with Gasteiger partial charge >= 0.3 is 0 Å². The Morgan fingerprint density at radius 3 is 2.76 bits per heavy atom. The van der Waals surface area contributed by atoms with Crippen LogP contribution in [0, 0.1) is 11.3 Å². The number of hydrogen-bond acceptors (Lipinski definition) is 4. The van der Waals surface area contributed by atoms with Crippen molar-refractivity contribution in [3.63, 3.8) is 0 Å². The number of nitrogens with zero attached hydrogens (tertiary/aromatic N) is 1. The van der Waals surface area contributed by atoms with Crippen LogP contribution in [0.1, 0.15) is 37.7 Å². The average molecular weight is 287 g/mol. The van der Waals surface area contributed by atoms with Crippen LogP contribution in [0.3, 0.4) is 0 Å². The zero-order chi connectivity index (χ0) is 15.1. The van der Waals surface area contributed by atoms with Gasteiger partial charge in [-0.2, -0.15) is 5.26 Å². The molecule has 0 atom stereocenters. The van der Waals surface area contributed by atoms with Gasteiger partial charge in [0.25, 0.3) is 0 Å². The van der Waals surface area contributed by atoms with Crippen LogP contribution in [-0.2, 0) is 11.4 Å². The molecule has 0 bridgehead atoms. The topological polar surface area (TPSA) is 85.2 Å². The van der Waals surface area contributed by atoms with Crippen LogP contribution in [0.15, 0.2) is 24.3 Å². The van der Waals surface area contributed by atoms with Crippen LogP contribution in [-0.4, -0.2) is 23.1 Å². The van der Waals surface area contributed by atoms with Crippen LogP contribution in [0.5, 0.6) is 0 Å². The molecule has 1 saturated carbocycles. The van der Waals surface area contributed by atoms with Gasteiger partial charge in [-0.25, -0.2) is 0 Å². The van der Waals surface area contributed by atoms with Gasteiger partial charge in [-0.1, -0.05) is 31.4 Å². The largest absolute Gasteiger partial charge is 0.392 e. The van der Waals surface area contributed by atoms with E-state index in [1.54, 1.807) is 6.07 Å². The third kappa shape index (κ3) is 4.20. The summed E-state index contributed by atoms with van der Waals surface area (Å²) in [5.41, 5.74) is 0.886. The molecule has 2 rings (SSSR count).